The maximum Gasteiger partial charge on any atom is 0.306 e. The first-order chi connectivity index (χ1) is 36.6. The number of aliphatic hydroxyl groups is 1. The van der Waals surface area contributed by atoms with Gasteiger partial charge in [-0.15, -0.1) is 0 Å². The first-order valence-electron chi connectivity index (χ1n) is 31.8. The van der Waals surface area contributed by atoms with Gasteiger partial charge in [0.05, 0.1) is 6.61 Å². The van der Waals surface area contributed by atoms with Gasteiger partial charge >= 0.3 is 11.9 Å². The monoisotopic (exact) mass is 1030 g/mol. The van der Waals surface area contributed by atoms with E-state index in [-0.39, 0.29) is 25.2 Å². The Morgan fingerprint density at radius 1 is 0.324 bits per heavy atom. The van der Waals surface area contributed by atoms with Crippen LogP contribution in [0.4, 0.5) is 0 Å². The lowest BCUT2D eigenvalue weighted by atomic mass is 10.0. The molecule has 74 heavy (non-hydrogen) atoms. The Hall–Kier alpha value is -3.18. The minimum atomic E-state index is -0.778. The van der Waals surface area contributed by atoms with Gasteiger partial charge < -0.3 is 14.6 Å². The predicted molar refractivity (Wildman–Crippen MR) is 325 cm³/mol. The van der Waals surface area contributed by atoms with Crippen LogP contribution in [0.1, 0.15) is 309 Å². The van der Waals surface area contributed by atoms with Gasteiger partial charge in [-0.05, 0) is 96.3 Å². The lowest BCUT2D eigenvalue weighted by Gasteiger charge is -2.15. The summed E-state index contributed by atoms with van der Waals surface area (Å²) in [4.78, 5) is 24.6. The molecule has 0 amide bonds. The lowest BCUT2D eigenvalue weighted by molar-refractivity contribution is -0.161. The van der Waals surface area contributed by atoms with Crippen LogP contribution >= 0.6 is 0 Å². The number of rotatable bonds is 58. The van der Waals surface area contributed by atoms with Gasteiger partial charge in [0.25, 0.3) is 0 Å². The second-order valence-corrected chi connectivity index (χ2v) is 21.1. The van der Waals surface area contributed by atoms with Crippen LogP contribution in [0.25, 0.3) is 0 Å². The van der Waals surface area contributed by atoms with Gasteiger partial charge in [-0.2, -0.15) is 0 Å². The molecule has 426 valence electrons. The molecule has 0 fully saturated rings. The highest BCUT2D eigenvalue weighted by atomic mass is 16.6. The molecule has 0 aliphatic heterocycles. The quantitative estimate of drug-likeness (QED) is 0.0373. The molecule has 0 radical (unpaired) electrons. The van der Waals surface area contributed by atoms with E-state index in [0.29, 0.717) is 12.8 Å². The third-order valence-electron chi connectivity index (χ3n) is 13.9. The number of hydrogen-bond donors (Lipinski definition) is 1. The fourth-order valence-electron chi connectivity index (χ4n) is 9.12. The maximum atomic E-state index is 12.3. The zero-order chi connectivity index (χ0) is 53.4. The Kier molecular flexibility index (Phi) is 61.4. The molecule has 5 heteroatoms. The molecule has 1 atom stereocenters. The SMILES string of the molecule is CC/C=C\C/C=C\C/C=C\C/C=C\C/C=C\CCCCCCCCCCCCCCCCCCCC(=O)OC(CO)COC(=O)CCCCCCCCCCCCCC/C=C\C/C=C\C/C=C\CCCCCCC. The number of ether oxygens (including phenoxy) is 2. The molecule has 0 aromatic rings. The average Bonchev–Trinajstić information content (AvgIpc) is 3.40. The Morgan fingerprint density at radius 3 is 0.878 bits per heavy atom. The van der Waals surface area contributed by atoms with Crippen LogP contribution in [0.5, 0.6) is 0 Å². The lowest BCUT2D eigenvalue weighted by Crippen LogP contribution is -2.28. The van der Waals surface area contributed by atoms with Crippen molar-refractivity contribution in [3.8, 4) is 0 Å². The first-order valence-corrected chi connectivity index (χ1v) is 31.8. The van der Waals surface area contributed by atoms with Gasteiger partial charge in [0.1, 0.15) is 6.61 Å². The average molecular weight is 1030 g/mol. The fourth-order valence-corrected chi connectivity index (χ4v) is 9.12. The normalized spacial score (nSPS) is 12.9. The number of aliphatic hydroxyl groups excluding tert-OH is 1. The van der Waals surface area contributed by atoms with Gasteiger partial charge in [0.2, 0.25) is 0 Å². The highest BCUT2D eigenvalue weighted by Crippen LogP contribution is 2.17. The number of carbonyl (C=O) groups is 2. The predicted octanol–water partition coefficient (Wildman–Crippen LogP) is 21.9. The maximum absolute atomic E-state index is 12.3. The second kappa shape index (κ2) is 64.1. The first kappa shape index (κ1) is 70.8. The largest absolute Gasteiger partial charge is 0.462 e. The summed E-state index contributed by atoms with van der Waals surface area (Å²) in [6.07, 6.45) is 91.2. The third kappa shape index (κ3) is 61.4. The molecular weight excluding hydrogens is 909 g/mol. The van der Waals surface area contributed by atoms with Crippen molar-refractivity contribution in [1.29, 1.82) is 0 Å². The van der Waals surface area contributed by atoms with Crippen molar-refractivity contribution in [3.63, 3.8) is 0 Å². The summed E-state index contributed by atoms with van der Waals surface area (Å²) >= 11 is 0. The molecule has 0 aromatic heterocycles. The Bertz CT molecular complexity index is 1400. The number of allylic oxidation sites excluding steroid dienone is 16. The highest BCUT2D eigenvalue weighted by Gasteiger charge is 2.16. The summed E-state index contributed by atoms with van der Waals surface area (Å²) < 4.78 is 10.7. The molecule has 1 unspecified atom stereocenters. The van der Waals surface area contributed by atoms with Crippen molar-refractivity contribution >= 4 is 11.9 Å². The van der Waals surface area contributed by atoms with Gasteiger partial charge in [0, 0.05) is 12.8 Å². The Labute approximate surface area is 459 Å². The number of carbonyl (C=O) groups excluding carboxylic acids is 2. The summed E-state index contributed by atoms with van der Waals surface area (Å²) in [7, 11) is 0. The van der Waals surface area contributed by atoms with Crippen molar-refractivity contribution in [3.05, 3.63) is 97.2 Å². The van der Waals surface area contributed by atoms with E-state index in [4.69, 9.17) is 9.47 Å². The second-order valence-electron chi connectivity index (χ2n) is 21.1. The molecule has 0 heterocycles. The van der Waals surface area contributed by atoms with Crippen molar-refractivity contribution < 1.29 is 24.2 Å². The van der Waals surface area contributed by atoms with Crippen LogP contribution in [-0.4, -0.2) is 36.4 Å². The number of unbranched alkanes of at least 4 members (excludes halogenated alkanes) is 34. The van der Waals surface area contributed by atoms with Crippen LogP contribution in [0.2, 0.25) is 0 Å². The van der Waals surface area contributed by atoms with Crippen molar-refractivity contribution in [2.24, 2.45) is 0 Å². The standard InChI is InChI=1S/C69H120O5/c1-3-5-7-9-11-13-15-17-19-21-23-25-27-29-31-32-33-34-35-36-38-40-42-44-46-48-50-52-54-56-58-60-62-64-69(72)74-67(65-70)66-73-68(71)63-61-59-57-55-53-51-49-47-45-43-41-39-37-30-28-26-24-22-20-18-16-14-12-10-8-6-4-2/h5,7,11,13,16-19,22-25,28-31,67,70H,3-4,6,8-10,12,14-15,20-21,26-27,32-66H2,1-2H3/b7-5-,13-11-,18-16-,19-17-,24-22-,25-23-,30-28-,31-29-. The molecule has 0 bridgehead atoms. The zero-order valence-corrected chi connectivity index (χ0v) is 48.8. The topological polar surface area (TPSA) is 72.8 Å². The Morgan fingerprint density at radius 2 is 0.581 bits per heavy atom. The molecule has 0 saturated heterocycles. The molecule has 1 N–H and O–H groups in total. The molecule has 0 spiro atoms. The third-order valence-corrected chi connectivity index (χ3v) is 13.9. The van der Waals surface area contributed by atoms with E-state index in [0.717, 1.165) is 83.5 Å². The fraction of sp³-hybridized carbons (Fsp3) is 0.739. The van der Waals surface area contributed by atoms with Crippen LogP contribution in [0.3, 0.4) is 0 Å². The van der Waals surface area contributed by atoms with Gasteiger partial charge in [0.15, 0.2) is 6.10 Å². The zero-order valence-electron chi connectivity index (χ0n) is 48.8. The van der Waals surface area contributed by atoms with E-state index in [1.807, 2.05) is 0 Å². The minimum Gasteiger partial charge on any atom is -0.462 e. The highest BCUT2D eigenvalue weighted by molar-refractivity contribution is 5.70. The number of hydrogen-bond acceptors (Lipinski definition) is 5. The van der Waals surface area contributed by atoms with Crippen LogP contribution in [0, 0.1) is 0 Å². The summed E-state index contributed by atoms with van der Waals surface area (Å²) in [6.45, 7) is 4.04. The van der Waals surface area contributed by atoms with Gasteiger partial charge in [-0.1, -0.05) is 297 Å². The van der Waals surface area contributed by atoms with Crippen LogP contribution in [-0.2, 0) is 19.1 Å². The molecule has 0 aliphatic carbocycles. The van der Waals surface area contributed by atoms with E-state index in [9.17, 15) is 14.7 Å². The van der Waals surface area contributed by atoms with E-state index in [1.54, 1.807) is 0 Å². The van der Waals surface area contributed by atoms with E-state index >= 15 is 0 Å². The Balaban J connectivity index is 3.47. The minimum absolute atomic E-state index is 0.0678. The molecular formula is C69H120O5. The van der Waals surface area contributed by atoms with E-state index < -0.39 is 6.10 Å². The van der Waals surface area contributed by atoms with Crippen molar-refractivity contribution in [2.45, 2.75) is 315 Å². The van der Waals surface area contributed by atoms with Crippen LogP contribution < -0.4 is 0 Å². The van der Waals surface area contributed by atoms with Gasteiger partial charge in [-0.25, -0.2) is 0 Å². The molecule has 0 saturated carbocycles. The van der Waals surface area contributed by atoms with Crippen molar-refractivity contribution in [2.75, 3.05) is 13.2 Å². The van der Waals surface area contributed by atoms with Crippen molar-refractivity contribution in [1.82, 2.24) is 0 Å². The smallest absolute Gasteiger partial charge is 0.306 e. The van der Waals surface area contributed by atoms with E-state index in [2.05, 4.69) is 111 Å². The molecule has 5 nitrogen and oxygen atoms in total. The van der Waals surface area contributed by atoms with Gasteiger partial charge in [-0.3, -0.25) is 9.59 Å². The summed E-state index contributed by atoms with van der Waals surface area (Å²) in [5.41, 5.74) is 0. The molecule has 0 aliphatic rings. The summed E-state index contributed by atoms with van der Waals surface area (Å²) in [5.74, 6) is -0.584. The molecule has 0 rings (SSSR count). The molecule has 0 aromatic carbocycles. The number of esters is 2. The summed E-state index contributed by atoms with van der Waals surface area (Å²) in [5, 5.41) is 9.68. The van der Waals surface area contributed by atoms with E-state index in [1.165, 1.54) is 199 Å². The summed E-state index contributed by atoms with van der Waals surface area (Å²) in [6, 6.07) is 0. The van der Waals surface area contributed by atoms with Crippen LogP contribution in [0.15, 0.2) is 97.2 Å².